The summed E-state index contributed by atoms with van der Waals surface area (Å²) in [5.41, 5.74) is 0. The van der Waals surface area contributed by atoms with Crippen LogP contribution in [0.2, 0.25) is 0 Å². The highest BCUT2D eigenvalue weighted by atomic mass is 31.2. The van der Waals surface area contributed by atoms with Gasteiger partial charge >= 0.3 is 7.82 Å². The fourth-order valence-electron chi connectivity index (χ4n) is 2.66. The Morgan fingerprint density at radius 2 is 1.23 bits per heavy atom. The second-order valence-electron chi connectivity index (χ2n) is 6.89. The second-order valence-corrected chi connectivity index (χ2v) is 8.13. The van der Waals surface area contributed by atoms with Gasteiger partial charge in [0.1, 0.15) is 6.10 Å². The van der Waals surface area contributed by atoms with Crippen molar-refractivity contribution >= 4 is 7.82 Å². The van der Waals surface area contributed by atoms with E-state index in [4.69, 9.17) is 19.3 Å². The molecule has 0 aliphatic heterocycles. The number of unbranched alkanes of at least 4 members (excludes halogenated alkanes) is 10. The minimum atomic E-state index is -4.47. The molecular weight excluding hydrogens is 355 g/mol. The molecule has 0 spiro atoms. The Hall–Kier alpha value is 0.0300. The molecule has 0 rings (SSSR count). The first-order valence-electron chi connectivity index (χ1n) is 10.4. The molecule has 0 aromatic carbocycles. The number of hydrogen-bond donors (Lipinski definition) is 2. The van der Waals surface area contributed by atoms with Gasteiger partial charge in [0.2, 0.25) is 0 Å². The van der Waals surface area contributed by atoms with Crippen molar-refractivity contribution in [3.8, 4) is 0 Å². The number of hydrogen-bond acceptors (Lipinski definition) is 4. The molecule has 2 N–H and O–H groups in total. The summed E-state index contributed by atoms with van der Waals surface area (Å²) in [6, 6.07) is 0. The maximum absolute atomic E-state index is 10.9. The van der Waals surface area contributed by atoms with Crippen LogP contribution in [0.3, 0.4) is 0 Å². The number of rotatable bonds is 20. The first kappa shape index (κ1) is 26.0. The van der Waals surface area contributed by atoms with E-state index in [0.717, 1.165) is 25.7 Å². The van der Waals surface area contributed by atoms with E-state index in [9.17, 15) is 4.57 Å². The van der Waals surface area contributed by atoms with Gasteiger partial charge < -0.3 is 19.3 Å². The average Bonchev–Trinajstić information content (AvgIpc) is 2.59. The monoisotopic (exact) mass is 396 g/mol. The Bertz CT molecular complexity index is 334. The van der Waals surface area contributed by atoms with Crippen LogP contribution in [0.1, 0.15) is 90.9 Å². The molecule has 0 bridgehead atoms. The van der Waals surface area contributed by atoms with Crippen molar-refractivity contribution in [3.63, 3.8) is 0 Å². The van der Waals surface area contributed by atoms with E-state index in [-0.39, 0.29) is 6.61 Å². The summed E-state index contributed by atoms with van der Waals surface area (Å²) in [4.78, 5) is 17.7. The highest BCUT2D eigenvalue weighted by Crippen LogP contribution is 2.35. The molecule has 0 radical (unpaired) electrons. The molecule has 0 aliphatic carbocycles. The normalized spacial score (nSPS) is 13.2. The van der Waals surface area contributed by atoms with Gasteiger partial charge in [-0.3, -0.25) is 4.52 Å². The van der Waals surface area contributed by atoms with E-state index in [1.54, 1.807) is 0 Å². The summed E-state index contributed by atoms with van der Waals surface area (Å²) in [6.07, 6.45) is 13.8. The Morgan fingerprint density at radius 3 is 1.77 bits per heavy atom. The fourth-order valence-corrected chi connectivity index (χ4v) is 3.02. The minimum absolute atomic E-state index is 0.142. The molecule has 0 aromatic heterocycles. The predicted molar refractivity (Wildman–Crippen MR) is 105 cm³/mol. The molecule has 1 atom stereocenters. The van der Waals surface area contributed by atoms with Gasteiger partial charge in [0.05, 0.1) is 13.2 Å². The summed E-state index contributed by atoms with van der Waals surface area (Å²) in [6.45, 7) is 5.79. The number of ether oxygens (including phenoxy) is 2. The van der Waals surface area contributed by atoms with E-state index in [1.807, 2.05) is 0 Å². The third-order valence-corrected chi connectivity index (χ3v) is 4.71. The molecule has 7 heteroatoms. The Kier molecular flexibility index (Phi) is 18.4. The zero-order valence-electron chi connectivity index (χ0n) is 16.9. The van der Waals surface area contributed by atoms with Gasteiger partial charge in [-0.25, -0.2) is 4.57 Å². The third kappa shape index (κ3) is 20.3. The van der Waals surface area contributed by atoms with Crippen molar-refractivity contribution in [1.82, 2.24) is 0 Å². The summed E-state index contributed by atoms with van der Waals surface area (Å²) < 4.78 is 26.8. The van der Waals surface area contributed by atoms with E-state index in [1.165, 1.54) is 51.4 Å². The largest absolute Gasteiger partial charge is 0.469 e. The van der Waals surface area contributed by atoms with Crippen LogP contribution >= 0.6 is 7.82 Å². The van der Waals surface area contributed by atoms with Gasteiger partial charge in [-0.2, -0.15) is 0 Å². The standard InChI is InChI=1S/C19H41O6P/c1-3-5-7-9-11-13-15-23-17-19(18-25-26(20,21)22)24-16-14-12-10-8-6-4-2/h19H,3-18H2,1-2H3,(H2,20,21,22)/t19-/m0/s1. The summed E-state index contributed by atoms with van der Waals surface area (Å²) in [7, 11) is -4.47. The summed E-state index contributed by atoms with van der Waals surface area (Å²) in [5, 5.41) is 0. The number of phosphoric ester groups is 1. The van der Waals surface area contributed by atoms with Crippen LogP contribution in [-0.2, 0) is 18.6 Å². The maximum Gasteiger partial charge on any atom is 0.469 e. The third-order valence-electron chi connectivity index (χ3n) is 4.23. The molecule has 0 heterocycles. The van der Waals surface area contributed by atoms with Gasteiger partial charge in [0, 0.05) is 13.2 Å². The lowest BCUT2D eigenvalue weighted by Crippen LogP contribution is -2.26. The summed E-state index contributed by atoms with van der Waals surface area (Å²) in [5.74, 6) is 0. The molecule has 0 saturated carbocycles. The van der Waals surface area contributed by atoms with Gasteiger partial charge in [-0.1, -0.05) is 78.1 Å². The van der Waals surface area contributed by atoms with Crippen LogP contribution in [-0.4, -0.2) is 42.3 Å². The lowest BCUT2D eigenvalue weighted by atomic mass is 10.1. The van der Waals surface area contributed by atoms with Gasteiger partial charge in [0.15, 0.2) is 0 Å². The van der Waals surface area contributed by atoms with E-state index in [2.05, 4.69) is 18.4 Å². The molecule has 6 nitrogen and oxygen atoms in total. The van der Waals surface area contributed by atoms with Crippen molar-refractivity contribution in [2.24, 2.45) is 0 Å². The lowest BCUT2D eigenvalue weighted by Gasteiger charge is -2.18. The second kappa shape index (κ2) is 18.4. The molecule has 26 heavy (non-hydrogen) atoms. The molecule has 0 saturated heterocycles. The zero-order chi connectivity index (χ0) is 19.5. The minimum Gasteiger partial charge on any atom is -0.379 e. The van der Waals surface area contributed by atoms with Crippen molar-refractivity contribution in [3.05, 3.63) is 0 Å². The van der Waals surface area contributed by atoms with E-state index >= 15 is 0 Å². The van der Waals surface area contributed by atoms with Crippen molar-refractivity contribution in [2.45, 2.75) is 97.0 Å². The molecule has 0 aromatic rings. The maximum atomic E-state index is 10.9. The fraction of sp³-hybridized carbons (Fsp3) is 1.00. The van der Waals surface area contributed by atoms with Crippen LogP contribution in [0.15, 0.2) is 0 Å². The SMILES string of the molecule is CCCCCCCCOC[C@@H](COP(=O)(O)O)OCCCCCCCC. The first-order chi connectivity index (χ1) is 12.5. The van der Waals surface area contributed by atoms with E-state index < -0.39 is 13.9 Å². The predicted octanol–water partition coefficient (Wildman–Crippen LogP) is 5.22. The van der Waals surface area contributed by atoms with Crippen LogP contribution in [0.4, 0.5) is 0 Å². The molecule has 0 unspecified atom stereocenters. The Morgan fingerprint density at radius 1 is 0.731 bits per heavy atom. The average molecular weight is 397 g/mol. The highest BCUT2D eigenvalue weighted by Gasteiger charge is 2.19. The smallest absolute Gasteiger partial charge is 0.379 e. The van der Waals surface area contributed by atoms with Gasteiger partial charge in [-0.05, 0) is 12.8 Å². The topological polar surface area (TPSA) is 85.2 Å². The van der Waals surface area contributed by atoms with Crippen LogP contribution in [0.25, 0.3) is 0 Å². The summed E-state index contributed by atoms with van der Waals surface area (Å²) >= 11 is 0. The Balaban J connectivity index is 3.83. The first-order valence-corrected chi connectivity index (χ1v) is 11.9. The Labute approximate surface area is 160 Å². The van der Waals surface area contributed by atoms with Crippen molar-refractivity contribution < 1.29 is 28.3 Å². The van der Waals surface area contributed by atoms with Crippen LogP contribution in [0, 0.1) is 0 Å². The molecule has 0 aliphatic rings. The van der Waals surface area contributed by atoms with E-state index in [0.29, 0.717) is 19.8 Å². The van der Waals surface area contributed by atoms with Crippen LogP contribution in [0.5, 0.6) is 0 Å². The molecule has 158 valence electrons. The quantitative estimate of drug-likeness (QED) is 0.217. The number of phosphoric acid groups is 1. The van der Waals surface area contributed by atoms with Crippen molar-refractivity contribution in [1.29, 1.82) is 0 Å². The van der Waals surface area contributed by atoms with Gasteiger partial charge in [-0.15, -0.1) is 0 Å². The lowest BCUT2D eigenvalue weighted by molar-refractivity contribution is -0.0429. The zero-order valence-corrected chi connectivity index (χ0v) is 17.8. The highest BCUT2D eigenvalue weighted by molar-refractivity contribution is 7.46. The van der Waals surface area contributed by atoms with Crippen LogP contribution < -0.4 is 0 Å². The van der Waals surface area contributed by atoms with Gasteiger partial charge in [0.25, 0.3) is 0 Å². The molecule has 0 amide bonds. The van der Waals surface area contributed by atoms with Crippen molar-refractivity contribution in [2.75, 3.05) is 26.4 Å². The molecule has 0 fully saturated rings. The molecular formula is C19H41O6P.